The van der Waals surface area contributed by atoms with Gasteiger partial charge in [0.1, 0.15) is 0 Å². The SMILES string of the molecule is CCCCOc1ccc(/C=C2\SC(=O)N(Cc3ccc4ccccc4c3)C2=O)cc1OCC. The van der Waals surface area contributed by atoms with Crippen molar-refractivity contribution in [2.45, 2.75) is 33.2 Å². The second-order valence-corrected chi connectivity index (χ2v) is 8.78. The van der Waals surface area contributed by atoms with Crippen molar-refractivity contribution in [2.75, 3.05) is 13.2 Å². The quantitative estimate of drug-likeness (QED) is 0.264. The second kappa shape index (κ2) is 10.6. The van der Waals surface area contributed by atoms with Gasteiger partial charge in [-0.3, -0.25) is 14.5 Å². The van der Waals surface area contributed by atoms with Crippen LogP contribution in [0.3, 0.4) is 0 Å². The number of hydrogen-bond acceptors (Lipinski definition) is 5. The third kappa shape index (κ3) is 5.40. The van der Waals surface area contributed by atoms with E-state index in [-0.39, 0.29) is 17.7 Å². The first kappa shape index (κ1) is 22.9. The van der Waals surface area contributed by atoms with Crippen LogP contribution in [0.4, 0.5) is 4.79 Å². The Labute approximate surface area is 198 Å². The van der Waals surface area contributed by atoms with Gasteiger partial charge in [-0.25, -0.2) is 0 Å². The minimum atomic E-state index is -0.278. The molecule has 1 fully saturated rings. The molecular weight excluding hydrogens is 434 g/mol. The maximum Gasteiger partial charge on any atom is 0.293 e. The maximum absolute atomic E-state index is 13.0. The summed E-state index contributed by atoms with van der Waals surface area (Å²) in [4.78, 5) is 27.3. The number of unbranched alkanes of at least 4 members (excludes halogenated alkanes) is 1. The lowest BCUT2D eigenvalue weighted by atomic mass is 10.1. The molecule has 170 valence electrons. The molecule has 0 saturated carbocycles. The van der Waals surface area contributed by atoms with Crippen LogP contribution in [-0.4, -0.2) is 29.3 Å². The minimum absolute atomic E-state index is 0.251. The molecule has 3 aromatic rings. The smallest absolute Gasteiger partial charge is 0.293 e. The second-order valence-electron chi connectivity index (χ2n) is 7.79. The monoisotopic (exact) mass is 461 g/mol. The van der Waals surface area contributed by atoms with Crippen molar-refractivity contribution in [1.29, 1.82) is 0 Å². The minimum Gasteiger partial charge on any atom is -0.490 e. The van der Waals surface area contributed by atoms with Gasteiger partial charge in [0.15, 0.2) is 11.5 Å². The Morgan fingerprint density at radius 1 is 0.909 bits per heavy atom. The molecule has 0 radical (unpaired) electrons. The first-order valence-electron chi connectivity index (χ1n) is 11.2. The molecule has 5 nitrogen and oxygen atoms in total. The van der Waals surface area contributed by atoms with E-state index in [9.17, 15) is 9.59 Å². The van der Waals surface area contributed by atoms with Gasteiger partial charge in [-0.1, -0.05) is 55.8 Å². The number of benzene rings is 3. The Hall–Kier alpha value is -3.25. The van der Waals surface area contributed by atoms with Crippen molar-refractivity contribution in [2.24, 2.45) is 0 Å². The van der Waals surface area contributed by atoms with E-state index in [1.165, 1.54) is 4.90 Å². The fourth-order valence-electron chi connectivity index (χ4n) is 3.64. The van der Waals surface area contributed by atoms with E-state index in [1.807, 2.05) is 67.6 Å². The fourth-order valence-corrected chi connectivity index (χ4v) is 4.47. The predicted molar refractivity (Wildman–Crippen MR) is 133 cm³/mol. The van der Waals surface area contributed by atoms with E-state index < -0.39 is 0 Å². The molecule has 3 aromatic carbocycles. The predicted octanol–water partition coefficient (Wildman–Crippen LogP) is 6.65. The summed E-state index contributed by atoms with van der Waals surface area (Å²) in [6.07, 6.45) is 3.76. The molecule has 0 aliphatic carbocycles. The van der Waals surface area contributed by atoms with Crippen molar-refractivity contribution < 1.29 is 19.1 Å². The fraction of sp³-hybridized carbons (Fsp3) is 0.259. The van der Waals surface area contributed by atoms with E-state index in [0.29, 0.717) is 29.6 Å². The Kier molecular flexibility index (Phi) is 7.35. The summed E-state index contributed by atoms with van der Waals surface area (Å²) in [5.41, 5.74) is 1.71. The molecule has 4 rings (SSSR count). The molecule has 0 aromatic heterocycles. The van der Waals surface area contributed by atoms with Gasteiger partial charge >= 0.3 is 0 Å². The molecule has 0 atom stereocenters. The number of fused-ring (bicyclic) bond motifs is 1. The molecule has 0 bridgehead atoms. The van der Waals surface area contributed by atoms with E-state index in [2.05, 4.69) is 6.92 Å². The van der Waals surface area contributed by atoms with Gasteiger partial charge in [0, 0.05) is 0 Å². The molecule has 0 spiro atoms. The van der Waals surface area contributed by atoms with Crippen molar-refractivity contribution in [3.8, 4) is 11.5 Å². The highest BCUT2D eigenvalue weighted by Gasteiger charge is 2.35. The molecule has 1 aliphatic rings. The first-order valence-corrected chi connectivity index (χ1v) is 12.0. The van der Waals surface area contributed by atoms with Crippen LogP contribution in [0.1, 0.15) is 37.8 Å². The molecule has 1 saturated heterocycles. The number of nitrogens with zero attached hydrogens (tertiary/aromatic N) is 1. The van der Waals surface area contributed by atoms with E-state index in [0.717, 1.165) is 46.5 Å². The summed E-state index contributed by atoms with van der Waals surface area (Å²) in [7, 11) is 0. The topological polar surface area (TPSA) is 55.8 Å². The summed E-state index contributed by atoms with van der Waals surface area (Å²) >= 11 is 0.966. The zero-order valence-electron chi connectivity index (χ0n) is 18.9. The van der Waals surface area contributed by atoms with Gasteiger partial charge in [-0.05, 0) is 71.3 Å². The van der Waals surface area contributed by atoms with Crippen LogP contribution >= 0.6 is 11.8 Å². The molecule has 0 N–H and O–H groups in total. The number of imide groups is 1. The molecule has 33 heavy (non-hydrogen) atoms. The molecule has 1 heterocycles. The Bertz CT molecular complexity index is 1200. The summed E-state index contributed by atoms with van der Waals surface area (Å²) in [5, 5.41) is 1.95. The van der Waals surface area contributed by atoms with E-state index in [4.69, 9.17) is 9.47 Å². The number of amides is 2. The number of carbonyl (C=O) groups excluding carboxylic acids is 2. The normalized spacial score (nSPS) is 15.0. The van der Waals surface area contributed by atoms with Gasteiger partial charge in [0.2, 0.25) is 0 Å². The average molecular weight is 462 g/mol. The largest absolute Gasteiger partial charge is 0.490 e. The highest BCUT2D eigenvalue weighted by molar-refractivity contribution is 8.18. The van der Waals surface area contributed by atoms with Gasteiger partial charge in [-0.2, -0.15) is 0 Å². The van der Waals surface area contributed by atoms with Gasteiger partial charge in [0.25, 0.3) is 11.1 Å². The third-order valence-corrected chi connectivity index (χ3v) is 6.26. The van der Waals surface area contributed by atoms with Crippen LogP contribution in [0.5, 0.6) is 11.5 Å². The maximum atomic E-state index is 13.0. The number of thioether (sulfide) groups is 1. The van der Waals surface area contributed by atoms with Crippen molar-refractivity contribution in [1.82, 2.24) is 4.90 Å². The van der Waals surface area contributed by atoms with Crippen LogP contribution in [-0.2, 0) is 11.3 Å². The lowest BCUT2D eigenvalue weighted by Crippen LogP contribution is -2.27. The van der Waals surface area contributed by atoms with Crippen LogP contribution in [0.2, 0.25) is 0 Å². The first-order chi connectivity index (χ1) is 16.1. The number of rotatable bonds is 9. The number of hydrogen-bond donors (Lipinski definition) is 0. The Morgan fingerprint density at radius 3 is 2.52 bits per heavy atom. The zero-order chi connectivity index (χ0) is 23.2. The highest BCUT2D eigenvalue weighted by atomic mass is 32.2. The average Bonchev–Trinajstić information content (AvgIpc) is 3.08. The lowest BCUT2D eigenvalue weighted by molar-refractivity contribution is -0.123. The lowest BCUT2D eigenvalue weighted by Gasteiger charge is -2.13. The Balaban J connectivity index is 1.52. The van der Waals surface area contributed by atoms with E-state index >= 15 is 0 Å². The molecular formula is C27H27NO4S. The van der Waals surface area contributed by atoms with Gasteiger partial charge < -0.3 is 9.47 Å². The van der Waals surface area contributed by atoms with Crippen molar-refractivity contribution >= 4 is 39.8 Å². The van der Waals surface area contributed by atoms with Crippen molar-refractivity contribution in [3.05, 3.63) is 76.7 Å². The Morgan fingerprint density at radius 2 is 1.73 bits per heavy atom. The van der Waals surface area contributed by atoms with Gasteiger partial charge in [-0.15, -0.1) is 0 Å². The van der Waals surface area contributed by atoms with Crippen LogP contribution < -0.4 is 9.47 Å². The standard InChI is InChI=1S/C27H27NO4S/c1-3-5-14-32-23-13-11-19(16-24(23)31-4-2)17-25-26(29)28(27(30)33-25)18-20-10-12-21-8-6-7-9-22(21)15-20/h6-13,15-17H,3-5,14,18H2,1-2H3/b25-17-. The molecule has 6 heteroatoms. The number of carbonyl (C=O) groups is 2. The summed E-state index contributed by atoms with van der Waals surface area (Å²) in [6, 6.07) is 19.6. The summed E-state index contributed by atoms with van der Waals surface area (Å²) < 4.78 is 11.6. The highest BCUT2D eigenvalue weighted by Crippen LogP contribution is 2.35. The van der Waals surface area contributed by atoms with E-state index in [1.54, 1.807) is 6.08 Å². The third-order valence-electron chi connectivity index (χ3n) is 5.35. The summed E-state index contributed by atoms with van der Waals surface area (Å²) in [6.45, 7) is 5.42. The summed E-state index contributed by atoms with van der Waals surface area (Å²) in [5.74, 6) is 1.05. The van der Waals surface area contributed by atoms with Crippen molar-refractivity contribution in [3.63, 3.8) is 0 Å². The molecule has 1 aliphatic heterocycles. The van der Waals surface area contributed by atoms with Crippen LogP contribution in [0.15, 0.2) is 65.6 Å². The molecule has 2 amide bonds. The zero-order valence-corrected chi connectivity index (χ0v) is 19.7. The van der Waals surface area contributed by atoms with Crippen LogP contribution in [0.25, 0.3) is 16.8 Å². The van der Waals surface area contributed by atoms with Gasteiger partial charge in [0.05, 0.1) is 24.7 Å². The molecule has 0 unspecified atom stereocenters. The van der Waals surface area contributed by atoms with Crippen LogP contribution in [0, 0.1) is 0 Å². The number of ether oxygens (including phenoxy) is 2.